The summed E-state index contributed by atoms with van der Waals surface area (Å²) in [4.78, 5) is 57.3. The van der Waals surface area contributed by atoms with E-state index in [0.29, 0.717) is 24.4 Å². The topological polar surface area (TPSA) is 147 Å². The molecule has 10 nitrogen and oxygen atoms in total. The Morgan fingerprint density at radius 1 is 1.21 bits per heavy atom. The Hall–Kier alpha value is -3.34. The molecule has 0 aliphatic carbocycles. The van der Waals surface area contributed by atoms with E-state index in [2.05, 4.69) is 36.7 Å². The molecule has 0 spiro atoms. The Bertz CT molecular complexity index is 1120. The first-order chi connectivity index (χ1) is 16.3. The lowest BCUT2D eigenvalue weighted by atomic mass is 10.00. The molecular formula is C23H25BrN4O6. The van der Waals surface area contributed by atoms with Gasteiger partial charge in [0.1, 0.15) is 5.69 Å². The zero-order chi connectivity index (χ0) is 24.7. The van der Waals surface area contributed by atoms with Gasteiger partial charge in [-0.3, -0.25) is 19.2 Å². The van der Waals surface area contributed by atoms with Crippen molar-refractivity contribution in [3.8, 4) is 0 Å². The van der Waals surface area contributed by atoms with E-state index in [4.69, 9.17) is 9.94 Å². The fourth-order valence-corrected chi connectivity index (χ4v) is 3.88. The highest BCUT2D eigenvalue weighted by molar-refractivity contribution is 9.09. The minimum atomic E-state index is -1.20. The summed E-state index contributed by atoms with van der Waals surface area (Å²) in [5.41, 5.74) is 1.72. The van der Waals surface area contributed by atoms with Gasteiger partial charge in [-0.1, -0.05) is 52.3 Å². The minimum Gasteiger partial charge on any atom is -0.481 e. The molecule has 0 bridgehead atoms. The second kappa shape index (κ2) is 11.7. The zero-order valence-electron chi connectivity index (χ0n) is 18.5. The molecule has 1 aliphatic rings. The van der Waals surface area contributed by atoms with Crippen LogP contribution in [0.3, 0.4) is 0 Å². The molecule has 34 heavy (non-hydrogen) atoms. The number of carbonyl (C=O) groups is 4. The molecule has 1 aromatic carbocycles. The minimum absolute atomic E-state index is 0.0169. The predicted molar refractivity (Wildman–Crippen MR) is 128 cm³/mol. The maximum atomic E-state index is 12.5. The molecule has 1 aliphatic heterocycles. The molecule has 3 atom stereocenters. The molecule has 1 aromatic heterocycles. The number of rotatable bonds is 11. The standard InChI is InChI=1S/C23H25BrN4O6/c1-13(12-25-22(32)17-7-6-14-4-2-3-5-16(14)26-17)8-15-9-20(34-28-15)23(33)27-18(10-21(30)31)19(29)11-24/h2-7,13,18,20H,8-12H2,1H3,(H,25,32)(H,27,33)(H,30,31)/t13?,18-,20?/m0/s1. The average molecular weight is 533 g/mol. The Morgan fingerprint density at radius 3 is 2.71 bits per heavy atom. The molecule has 2 amide bonds. The molecule has 3 N–H and O–H groups in total. The fourth-order valence-electron chi connectivity index (χ4n) is 3.49. The summed E-state index contributed by atoms with van der Waals surface area (Å²) >= 11 is 2.98. The first-order valence-corrected chi connectivity index (χ1v) is 11.9. The third kappa shape index (κ3) is 6.83. The second-order valence-electron chi connectivity index (χ2n) is 8.12. The summed E-state index contributed by atoms with van der Waals surface area (Å²) in [5, 5.41) is 19.1. The summed E-state index contributed by atoms with van der Waals surface area (Å²) in [6.07, 6.45) is -0.732. The molecule has 2 aromatic rings. The molecule has 0 saturated heterocycles. The fraction of sp³-hybridized carbons (Fsp3) is 0.391. The normalized spacial score (nSPS) is 16.8. The van der Waals surface area contributed by atoms with Crippen LogP contribution in [0.1, 0.15) is 36.7 Å². The number of ketones is 1. The van der Waals surface area contributed by atoms with Crippen molar-refractivity contribution in [1.29, 1.82) is 0 Å². The average Bonchev–Trinajstić information content (AvgIpc) is 3.29. The largest absolute Gasteiger partial charge is 0.481 e. The first-order valence-electron chi connectivity index (χ1n) is 10.7. The highest BCUT2D eigenvalue weighted by atomic mass is 79.9. The van der Waals surface area contributed by atoms with Crippen LogP contribution in [0.4, 0.5) is 0 Å². The van der Waals surface area contributed by atoms with E-state index in [1.807, 2.05) is 37.3 Å². The summed E-state index contributed by atoms with van der Waals surface area (Å²) in [6.45, 7) is 2.31. The predicted octanol–water partition coefficient (Wildman–Crippen LogP) is 2.06. The van der Waals surface area contributed by atoms with E-state index >= 15 is 0 Å². The van der Waals surface area contributed by atoms with Crippen molar-refractivity contribution in [2.24, 2.45) is 11.1 Å². The highest BCUT2D eigenvalue weighted by Crippen LogP contribution is 2.17. The molecule has 0 radical (unpaired) electrons. The number of benzene rings is 1. The number of fused-ring (bicyclic) bond motifs is 1. The molecule has 11 heteroatoms. The van der Waals surface area contributed by atoms with Crippen LogP contribution in [-0.4, -0.2) is 63.4 Å². The molecule has 2 heterocycles. The van der Waals surface area contributed by atoms with Crippen LogP contribution in [0, 0.1) is 5.92 Å². The number of nitrogens with one attached hydrogen (secondary N) is 2. The van der Waals surface area contributed by atoms with Gasteiger partial charge in [0.2, 0.25) is 6.10 Å². The van der Waals surface area contributed by atoms with Crippen LogP contribution >= 0.6 is 15.9 Å². The van der Waals surface area contributed by atoms with Gasteiger partial charge in [0, 0.05) is 18.4 Å². The van der Waals surface area contributed by atoms with Gasteiger partial charge in [-0.2, -0.15) is 0 Å². The SMILES string of the molecule is CC(CNC(=O)c1ccc2ccccc2n1)CC1=NOC(C(=O)N[C@@H](CC(=O)O)C(=O)CBr)C1. The summed E-state index contributed by atoms with van der Waals surface area (Å²) in [6, 6.07) is 9.93. The monoisotopic (exact) mass is 532 g/mol. The number of hydrogen-bond acceptors (Lipinski definition) is 7. The summed E-state index contributed by atoms with van der Waals surface area (Å²) < 4.78 is 0. The number of alkyl halides is 1. The molecule has 0 saturated carbocycles. The van der Waals surface area contributed by atoms with Gasteiger partial charge in [-0.15, -0.1) is 0 Å². The molecule has 0 fully saturated rings. The van der Waals surface area contributed by atoms with Crippen molar-refractivity contribution >= 4 is 56.1 Å². The second-order valence-corrected chi connectivity index (χ2v) is 8.68. The van der Waals surface area contributed by atoms with Gasteiger partial charge in [-0.25, -0.2) is 4.98 Å². The van der Waals surface area contributed by atoms with Crippen molar-refractivity contribution in [3.63, 3.8) is 0 Å². The van der Waals surface area contributed by atoms with Gasteiger partial charge >= 0.3 is 5.97 Å². The van der Waals surface area contributed by atoms with E-state index < -0.39 is 36.2 Å². The van der Waals surface area contributed by atoms with E-state index in [9.17, 15) is 19.2 Å². The maximum Gasteiger partial charge on any atom is 0.305 e. The van der Waals surface area contributed by atoms with Crippen LogP contribution in [0.25, 0.3) is 10.9 Å². The summed E-state index contributed by atoms with van der Waals surface area (Å²) in [7, 11) is 0. The Morgan fingerprint density at radius 2 is 1.97 bits per heavy atom. The van der Waals surface area contributed by atoms with E-state index in [-0.39, 0.29) is 23.6 Å². The number of pyridine rings is 1. The Kier molecular flexibility index (Phi) is 8.69. The molecular weight excluding hydrogens is 508 g/mol. The number of oxime groups is 1. The molecule has 2 unspecified atom stereocenters. The smallest absolute Gasteiger partial charge is 0.305 e. The van der Waals surface area contributed by atoms with Gasteiger partial charge in [-0.05, 0) is 24.5 Å². The van der Waals surface area contributed by atoms with Crippen molar-refractivity contribution in [2.45, 2.75) is 38.3 Å². The lowest BCUT2D eigenvalue weighted by Gasteiger charge is -2.17. The van der Waals surface area contributed by atoms with Crippen LogP contribution < -0.4 is 10.6 Å². The highest BCUT2D eigenvalue weighted by Gasteiger charge is 2.32. The third-order valence-electron chi connectivity index (χ3n) is 5.26. The Labute approximate surface area is 204 Å². The van der Waals surface area contributed by atoms with Crippen molar-refractivity contribution in [2.75, 3.05) is 11.9 Å². The number of hydrogen-bond donors (Lipinski definition) is 3. The lowest BCUT2D eigenvalue weighted by Crippen LogP contribution is -2.47. The number of carbonyl (C=O) groups excluding carboxylic acids is 3. The van der Waals surface area contributed by atoms with E-state index in [0.717, 1.165) is 10.9 Å². The number of para-hydroxylation sites is 1. The number of carboxylic acids is 1. The van der Waals surface area contributed by atoms with Crippen LogP contribution in [-0.2, 0) is 19.2 Å². The van der Waals surface area contributed by atoms with Gasteiger partial charge in [0.15, 0.2) is 5.78 Å². The number of halogens is 1. The van der Waals surface area contributed by atoms with Crippen LogP contribution in [0.15, 0.2) is 41.6 Å². The van der Waals surface area contributed by atoms with Gasteiger partial charge in [0.25, 0.3) is 11.8 Å². The number of aromatic nitrogens is 1. The number of aliphatic carboxylic acids is 1. The van der Waals surface area contributed by atoms with Crippen LogP contribution in [0.5, 0.6) is 0 Å². The summed E-state index contributed by atoms with van der Waals surface area (Å²) in [5.74, 6) is -2.50. The third-order valence-corrected chi connectivity index (χ3v) is 5.82. The zero-order valence-corrected chi connectivity index (χ0v) is 20.1. The van der Waals surface area contributed by atoms with Crippen LogP contribution in [0.2, 0.25) is 0 Å². The van der Waals surface area contributed by atoms with Crippen molar-refractivity contribution in [1.82, 2.24) is 15.6 Å². The first kappa shape index (κ1) is 25.3. The quantitative estimate of drug-likeness (QED) is 0.375. The van der Waals surface area contributed by atoms with Gasteiger partial charge in [0.05, 0.1) is 29.0 Å². The number of Topliss-reactive ketones (excluding diaryl/α,β-unsaturated/α-hetero) is 1. The number of nitrogens with zero attached hydrogens (tertiary/aromatic N) is 2. The Balaban J connectivity index is 1.46. The molecule has 180 valence electrons. The van der Waals surface area contributed by atoms with Crippen molar-refractivity contribution < 1.29 is 29.1 Å². The molecule has 3 rings (SSSR count). The lowest BCUT2D eigenvalue weighted by molar-refractivity contribution is -0.141. The van der Waals surface area contributed by atoms with Crippen molar-refractivity contribution in [3.05, 3.63) is 42.1 Å². The maximum absolute atomic E-state index is 12.5. The number of carboxylic acid groups (broad SMARTS) is 1. The van der Waals surface area contributed by atoms with Gasteiger partial charge < -0.3 is 20.6 Å². The number of amides is 2. The van der Waals surface area contributed by atoms with E-state index in [1.165, 1.54) is 0 Å². The van der Waals surface area contributed by atoms with E-state index in [1.54, 1.807) is 6.07 Å².